The van der Waals surface area contributed by atoms with Gasteiger partial charge in [0.1, 0.15) is 5.60 Å². The largest absolute Gasteiger partial charge is 0.444 e. The van der Waals surface area contributed by atoms with Crippen LogP contribution >= 0.6 is 0 Å². The Balaban J connectivity index is 1.76. The maximum Gasteiger partial charge on any atom is 0.410 e. The Bertz CT molecular complexity index is 442. The number of amides is 1. The number of carbonyl (C=O) groups is 1. The summed E-state index contributed by atoms with van der Waals surface area (Å²) in [6.07, 6.45) is 2.39. The van der Waals surface area contributed by atoms with E-state index in [2.05, 4.69) is 4.98 Å². The fourth-order valence-corrected chi connectivity index (χ4v) is 2.04. The van der Waals surface area contributed by atoms with Crippen molar-refractivity contribution in [3.63, 3.8) is 0 Å². The lowest BCUT2D eigenvalue weighted by molar-refractivity contribution is 0.0180. The highest BCUT2D eigenvalue weighted by molar-refractivity contribution is 5.68. The minimum absolute atomic E-state index is 0.0597. The lowest BCUT2D eigenvalue weighted by Gasteiger charge is -2.24. The van der Waals surface area contributed by atoms with Gasteiger partial charge in [-0.2, -0.15) is 0 Å². The number of carbonyl (C=O) groups excluding carboxylic acids is 1. The summed E-state index contributed by atoms with van der Waals surface area (Å²) in [5.74, 6) is 0. The zero-order valence-corrected chi connectivity index (χ0v) is 12.3. The maximum atomic E-state index is 11.9. The zero-order chi connectivity index (χ0) is 14.6. The van der Waals surface area contributed by atoms with Crippen molar-refractivity contribution >= 4 is 6.09 Å². The summed E-state index contributed by atoms with van der Waals surface area (Å²) in [6, 6.07) is 5.75. The summed E-state index contributed by atoms with van der Waals surface area (Å²) >= 11 is 0. The van der Waals surface area contributed by atoms with Gasteiger partial charge in [-0.15, -0.1) is 0 Å². The van der Waals surface area contributed by atoms with Crippen molar-refractivity contribution in [2.75, 3.05) is 13.1 Å². The van der Waals surface area contributed by atoms with Gasteiger partial charge in [-0.25, -0.2) is 4.79 Å². The van der Waals surface area contributed by atoms with Gasteiger partial charge < -0.3 is 14.4 Å². The first-order valence-electron chi connectivity index (χ1n) is 6.93. The number of hydrogen-bond acceptors (Lipinski definition) is 4. The van der Waals surface area contributed by atoms with Gasteiger partial charge in [0.15, 0.2) is 0 Å². The molecular weight excluding hydrogens is 256 g/mol. The molecule has 0 bridgehead atoms. The molecule has 2 heterocycles. The zero-order valence-electron chi connectivity index (χ0n) is 12.3. The third-order valence-corrected chi connectivity index (χ3v) is 2.99. The van der Waals surface area contributed by atoms with Crippen molar-refractivity contribution in [2.24, 2.45) is 0 Å². The quantitative estimate of drug-likeness (QED) is 0.853. The smallest absolute Gasteiger partial charge is 0.410 e. The second kappa shape index (κ2) is 6.22. The number of likely N-dealkylation sites (tertiary alicyclic amines) is 1. The van der Waals surface area contributed by atoms with E-state index < -0.39 is 5.60 Å². The molecule has 2 rings (SSSR count). The third-order valence-electron chi connectivity index (χ3n) is 2.99. The predicted molar refractivity (Wildman–Crippen MR) is 75.2 cm³/mol. The Morgan fingerprint density at radius 3 is 2.90 bits per heavy atom. The molecule has 20 heavy (non-hydrogen) atoms. The first-order valence-corrected chi connectivity index (χ1v) is 6.93. The van der Waals surface area contributed by atoms with Crippen LogP contribution in [-0.2, 0) is 16.1 Å². The van der Waals surface area contributed by atoms with Crippen LogP contribution in [0.2, 0.25) is 0 Å². The summed E-state index contributed by atoms with van der Waals surface area (Å²) in [7, 11) is 0. The van der Waals surface area contributed by atoms with E-state index in [4.69, 9.17) is 9.47 Å². The van der Waals surface area contributed by atoms with E-state index in [1.807, 2.05) is 39.0 Å². The number of pyridine rings is 1. The van der Waals surface area contributed by atoms with E-state index >= 15 is 0 Å². The van der Waals surface area contributed by atoms with Crippen LogP contribution in [0.5, 0.6) is 0 Å². The average Bonchev–Trinajstić information content (AvgIpc) is 2.84. The second-order valence-electron chi connectivity index (χ2n) is 5.97. The molecule has 0 radical (unpaired) electrons. The Labute approximate surface area is 119 Å². The summed E-state index contributed by atoms with van der Waals surface area (Å²) in [5.41, 5.74) is 0.451. The molecule has 0 aromatic carbocycles. The molecule has 1 amide bonds. The Morgan fingerprint density at radius 2 is 2.25 bits per heavy atom. The van der Waals surface area contributed by atoms with E-state index in [1.54, 1.807) is 11.1 Å². The first kappa shape index (κ1) is 14.8. The third kappa shape index (κ3) is 4.49. The summed E-state index contributed by atoms with van der Waals surface area (Å²) in [4.78, 5) is 17.8. The van der Waals surface area contributed by atoms with E-state index in [0.29, 0.717) is 19.7 Å². The first-order chi connectivity index (χ1) is 9.44. The summed E-state index contributed by atoms with van der Waals surface area (Å²) in [6.45, 7) is 7.36. The van der Waals surface area contributed by atoms with Crippen LogP contribution in [0, 0.1) is 0 Å². The van der Waals surface area contributed by atoms with Gasteiger partial charge >= 0.3 is 6.09 Å². The van der Waals surface area contributed by atoms with Crippen LogP contribution in [-0.4, -0.2) is 40.8 Å². The molecule has 1 aromatic rings. The van der Waals surface area contributed by atoms with Crippen LogP contribution < -0.4 is 0 Å². The normalized spacial score (nSPS) is 19.1. The number of rotatable bonds is 3. The summed E-state index contributed by atoms with van der Waals surface area (Å²) < 4.78 is 11.1. The van der Waals surface area contributed by atoms with Gasteiger partial charge in [0.2, 0.25) is 0 Å². The van der Waals surface area contributed by atoms with Crippen molar-refractivity contribution in [1.29, 1.82) is 0 Å². The average molecular weight is 278 g/mol. The molecule has 0 aliphatic carbocycles. The Kier molecular flexibility index (Phi) is 4.60. The van der Waals surface area contributed by atoms with Crippen LogP contribution in [0.4, 0.5) is 4.79 Å². The summed E-state index contributed by atoms with van der Waals surface area (Å²) in [5, 5.41) is 0. The predicted octanol–water partition coefficient (Wildman–Crippen LogP) is 2.61. The molecule has 1 aromatic heterocycles. The number of hydrogen-bond donors (Lipinski definition) is 0. The molecule has 1 aliphatic rings. The van der Waals surface area contributed by atoms with Crippen molar-refractivity contribution < 1.29 is 14.3 Å². The second-order valence-corrected chi connectivity index (χ2v) is 5.97. The van der Waals surface area contributed by atoms with Crippen molar-refractivity contribution in [3.8, 4) is 0 Å². The topological polar surface area (TPSA) is 51.7 Å². The highest BCUT2D eigenvalue weighted by Gasteiger charge is 2.30. The van der Waals surface area contributed by atoms with E-state index in [-0.39, 0.29) is 12.2 Å². The molecule has 0 saturated carbocycles. The molecule has 1 unspecified atom stereocenters. The Morgan fingerprint density at radius 1 is 1.45 bits per heavy atom. The lowest BCUT2D eigenvalue weighted by atomic mass is 10.2. The minimum atomic E-state index is -0.454. The highest BCUT2D eigenvalue weighted by atomic mass is 16.6. The molecule has 110 valence electrons. The van der Waals surface area contributed by atoms with Gasteiger partial charge in [-0.1, -0.05) is 6.07 Å². The van der Waals surface area contributed by atoms with Crippen LogP contribution in [0.1, 0.15) is 32.9 Å². The number of nitrogens with zero attached hydrogens (tertiary/aromatic N) is 2. The molecule has 1 saturated heterocycles. The fraction of sp³-hybridized carbons (Fsp3) is 0.600. The van der Waals surface area contributed by atoms with Crippen molar-refractivity contribution in [1.82, 2.24) is 9.88 Å². The molecule has 0 spiro atoms. The molecular formula is C15H22N2O3. The van der Waals surface area contributed by atoms with Crippen LogP contribution in [0.15, 0.2) is 24.4 Å². The van der Waals surface area contributed by atoms with Gasteiger partial charge in [0.25, 0.3) is 0 Å². The maximum absolute atomic E-state index is 11.9. The van der Waals surface area contributed by atoms with Crippen molar-refractivity contribution in [2.45, 2.75) is 45.5 Å². The van der Waals surface area contributed by atoms with E-state index in [9.17, 15) is 4.79 Å². The molecule has 1 atom stereocenters. The molecule has 5 nitrogen and oxygen atoms in total. The lowest BCUT2D eigenvalue weighted by Crippen LogP contribution is -2.36. The number of aromatic nitrogens is 1. The number of ether oxygens (including phenoxy) is 2. The monoisotopic (exact) mass is 278 g/mol. The minimum Gasteiger partial charge on any atom is -0.444 e. The van der Waals surface area contributed by atoms with E-state index in [0.717, 1.165) is 12.1 Å². The van der Waals surface area contributed by atoms with Crippen LogP contribution in [0.25, 0.3) is 0 Å². The molecule has 1 aliphatic heterocycles. The van der Waals surface area contributed by atoms with E-state index in [1.165, 1.54) is 0 Å². The standard InChI is InChI=1S/C15H22N2O3/c1-15(2,3)20-14(18)17-9-7-13(10-17)19-11-12-6-4-5-8-16-12/h4-6,8,13H,7,9-11H2,1-3H3. The Hall–Kier alpha value is -1.62. The highest BCUT2D eigenvalue weighted by Crippen LogP contribution is 2.17. The molecule has 5 heteroatoms. The van der Waals surface area contributed by atoms with Gasteiger partial charge in [-0.05, 0) is 39.3 Å². The SMILES string of the molecule is CC(C)(C)OC(=O)N1CCC(OCc2ccccn2)C1. The van der Waals surface area contributed by atoms with Gasteiger partial charge in [0.05, 0.1) is 24.9 Å². The van der Waals surface area contributed by atoms with Gasteiger partial charge in [0, 0.05) is 12.7 Å². The molecule has 1 fully saturated rings. The fourth-order valence-electron chi connectivity index (χ4n) is 2.04. The van der Waals surface area contributed by atoms with Crippen molar-refractivity contribution in [3.05, 3.63) is 30.1 Å². The molecule has 0 N–H and O–H groups in total. The van der Waals surface area contributed by atoms with Gasteiger partial charge in [-0.3, -0.25) is 4.98 Å². The van der Waals surface area contributed by atoms with Crippen LogP contribution in [0.3, 0.4) is 0 Å².